The molecule has 2 aliphatic rings. The zero-order valence-electron chi connectivity index (χ0n) is 16.5. The molecule has 1 N–H and O–H groups in total. The van der Waals surface area contributed by atoms with E-state index in [-0.39, 0.29) is 22.4 Å². The third-order valence-electron chi connectivity index (χ3n) is 5.64. The summed E-state index contributed by atoms with van der Waals surface area (Å²) in [7, 11) is 0. The highest BCUT2D eigenvalue weighted by Crippen LogP contribution is 2.28. The van der Waals surface area contributed by atoms with Crippen molar-refractivity contribution >= 4 is 17.3 Å². The molecule has 154 valence electrons. The van der Waals surface area contributed by atoms with Crippen LogP contribution in [0.3, 0.4) is 0 Å². The molecule has 9 nitrogen and oxygen atoms in total. The second-order valence-electron chi connectivity index (χ2n) is 7.65. The van der Waals surface area contributed by atoms with Gasteiger partial charge in [0, 0.05) is 32.2 Å². The Labute approximate surface area is 168 Å². The first-order valence-electron chi connectivity index (χ1n) is 9.93. The van der Waals surface area contributed by atoms with Gasteiger partial charge in [-0.3, -0.25) is 19.6 Å². The molecule has 0 spiro atoms. The third-order valence-corrected chi connectivity index (χ3v) is 5.64. The number of benzene rings is 1. The smallest absolute Gasteiger partial charge is 0.292 e. The van der Waals surface area contributed by atoms with E-state index in [1.165, 1.54) is 6.07 Å². The predicted molar refractivity (Wildman–Crippen MR) is 107 cm³/mol. The van der Waals surface area contributed by atoms with E-state index in [9.17, 15) is 14.9 Å². The van der Waals surface area contributed by atoms with Crippen molar-refractivity contribution in [2.45, 2.75) is 26.3 Å². The van der Waals surface area contributed by atoms with Crippen LogP contribution in [0.4, 0.5) is 11.4 Å². The summed E-state index contributed by atoms with van der Waals surface area (Å²) in [6.45, 7) is 5.61. The van der Waals surface area contributed by atoms with E-state index in [0.717, 1.165) is 30.6 Å². The number of hydrogen-bond acceptors (Lipinski definition) is 6. The van der Waals surface area contributed by atoms with Crippen LogP contribution >= 0.6 is 0 Å². The standard InChI is InChI=1S/C20H25N5O4/c1-14-2-3-18(25(27)28)17(10-14)21-12-15-4-5-24-19(11-15)16(13-22-24)20(26)23-6-8-29-9-7-23/h2-3,10,13,15,21H,4-9,11-12H2,1H3/t15-/m1/s1. The summed E-state index contributed by atoms with van der Waals surface area (Å²) >= 11 is 0. The summed E-state index contributed by atoms with van der Waals surface area (Å²) in [5.74, 6) is 0.285. The number of nitro benzene ring substituents is 1. The highest BCUT2D eigenvalue weighted by molar-refractivity contribution is 5.95. The van der Waals surface area contributed by atoms with Crippen molar-refractivity contribution in [1.82, 2.24) is 14.7 Å². The molecule has 0 radical (unpaired) electrons. The van der Waals surface area contributed by atoms with Gasteiger partial charge >= 0.3 is 0 Å². The van der Waals surface area contributed by atoms with Gasteiger partial charge in [0.15, 0.2) is 0 Å². The van der Waals surface area contributed by atoms with Crippen molar-refractivity contribution in [3.05, 3.63) is 51.3 Å². The maximum atomic E-state index is 12.9. The normalized spacial score (nSPS) is 18.9. The first-order valence-corrected chi connectivity index (χ1v) is 9.93. The number of nitro groups is 1. The van der Waals surface area contributed by atoms with E-state index in [2.05, 4.69) is 10.4 Å². The number of fused-ring (bicyclic) bond motifs is 1. The van der Waals surface area contributed by atoms with E-state index in [1.807, 2.05) is 16.5 Å². The van der Waals surface area contributed by atoms with Gasteiger partial charge in [-0.2, -0.15) is 5.10 Å². The summed E-state index contributed by atoms with van der Waals surface area (Å²) in [5.41, 5.74) is 3.22. The van der Waals surface area contributed by atoms with Crippen LogP contribution in [-0.4, -0.2) is 58.4 Å². The lowest BCUT2D eigenvalue weighted by Crippen LogP contribution is -2.41. The van der Waals surface area contributed by atoms with Crippen molar-refractivity contribution in [1.29, 1.82) is 0 Å². The molecule has 1 aromatic heterocycles. The first kappa shape index (κ1) is 19.4. The zero-order valence-corrected chi connectivity index (χ0v) is 16.5. The molecule has 4 rings (SSSR count). The van der Waals surface area contributed by atoms with Crippen molar-refractivity contribution in [3.8, 4) is 0 Å². The van der Waals surface area contributed by atoms with Gasteiger partial charge in [-0.25, -0.2) is 0 Å². The van der Waals surface area contributed by atoms with Crippen LogP contribution in [-0.2, 0) is 17.7 Å². The Kier molecular flexibility index (Phi) is 5.48. The fraction of sp³-hybridized carbons (Fsp3) is 0.500. The van der Waals surface area contributed by atoms with Crippen LogP contribution < -0.4 is 5.32 Å². The lowest BCUT2D eigenvalue weighted by atomic mass is 9.94. The average molecular weight is 399 g/mol. The van der Waals surface area contributed by atoms with E-state index in [4.69, 9.17) is 4.74 Å². The van der Waals surface area contributed by atoms with E-state index < -0.39 is 0 Å². The molecule has 1 fully saturated rings. The molecule has 2 aromatic rings. The second kappa shape index (κ2) is 8.20. The summed E-state index contributed by atoms with van der Waals surface area (Å²) in [4.78, 5) is 25.6. The summed E-state index contributed by atoms with van der Waals surface area (Å²) in [6.07, 6.45) is 3.30. The van der Waals surface area contributed by atoms with Crippen LogP contribution in [0.25, 0.3) is 0 Å². The highest BCUT2D eigenvalue weighted by atomic mass is 16.6. The van der Waals surface area contributed by atoms with Gasteiger partial charge in [-0.15, -0.1) is 0 Å². The molecule has 0 bridgehead atoms. The largest absolute Gasteiger partial charge is 0.379 e. The minimum atomic E-state index is -0.364. The summed E-state index contributed by atoms with van der Waals surface area (Å²) in [5, 5.41) is 18.9. The number of carbonyl (C=O) groups is 1. The fourth-order valence-corrected chi connectivity index (χ4v) is 3.99. The van der Waals surface area contributed by atoms with Crippen LogP contribution in [0.1, 0.15) is 28.0 Å². The lowest BCUT2D eigenvalue weighted by molar-refractivity contribution is -0.384. The number of nitrogens with zero attached hydrogens (tertiary/aromatic N) is 4. The Morgan fingerprint density at radius 3 is 2.90 bits per heavy atom. The summed E-state index contributed by atoms with van der Waals surface area (Å²) < 4.78 is 7.25. The molecular formula is C20H25N5O4. The SMILES string of the molecule is Cc1ccc([N+](=O)[O-])c(NC[C@@H]2CCn3ncc(C(=O)N4CCOCC4)c3C2)c1. The molecule has 1 aromatic carbocycles. The Morgan fingerprint density at radius 1 is 1.34 bits per heavy atom. The Bertz CT molecular complexity index is 920. The van der Waals surface area contributed by atoms with Gasteiger partial charge in [0.1, 0.15) is 5.69 Å². The first-order chi connectivity index (χ1) is 14.0. The quantitative estimate of drug-likeness (QED) is 0.611. The number of anilines is 1. The van der Waals surface area contributed by atoms with E-state index in [1.54, 1.807) is 18.3 Å². The molecule has 0 unspecified atom stereocenters. The number of nitrogens with one attached hydrogen (secondary N) is 1. The monoisotopic (exact) mass is 399 g/mol. The Morgan fingerprint density at radius 2 is 2.14 bits per heavy atom. The van der Waals surface area contributed by atoms with Crippen molar-refractivity contribution < 1.29 is 14.5 Å². The van der Waals surface area contributed by atoms with Gasteiger partial charge < -0.3 is 15.0 Å². The minimum Gasteiger partial charge on any atom is -0.379 e. The minimum absolute atomic E-state index is 0.0116. The van der Waals surface area contributed by atoms with Gasteiger partial charge in [-0.1, -0.05) is 6.07 Å². The van der Waals surface area contributed by atoms with Crippen LogP contribution in [0.15, 0.2) is 24.4 Å². The lowest BCUT2D eigenvalue weighted by Gasteiger charge is -2.28. The van der Waals surface area contributed by atoms with Gasteiger partial charge in [0.25, 0.3) is 11.6 Å². The van der Waals surface area contributed by atoms with Gasteiger partial charge in [0.2, 0.25) is 0 Å². The third kappa shape index (κ3) is 4.09. The van der Waals surface area contributed by atoms with Crippen molar-refractivity contribution in [2.75, 3.05) is 38.2 Å². The van der Waals surface area contributed by atoms with Crippen molar-refractivity contribution in [2.24, 2.45) is 5.92 Å². The zero-order chi connectivity index (χ0) is 20.4. The molecule has 2 aliphatic heterocycles. The molecule has 0 aliphatic carbocycles. The number of amides is 1. The maximum absolute atomic E-state index is 12.9. The molecular weight excluding hydrogens is 374 g/mol. The number of morpholine rings is 1. The molecule has 1 saturated heterocycles. The number of hydrogen-bond donors (Lipinski definition) is 1. The van der Waals surface area contributed by atoms with Crippen LogP contribution in [0.5, 0.6) is 0 Å². The Hall–Kier alpha value is -2.94. The van der Waals surface area contributed by atoms with Crippen molar-refractivity contribution in [3.63, 3.8) is 0 Å². The van der Waals surface area contributed by atoms with Crippen LogP contribution in [0.2, 0.25) is 0 Å². The van der Waals surface area contributed by atoms with E-state index in [0.29, 0.717) is 44.1 Å². The average Bonchev–Trinajstić information content (AvgIpc) is 3.15. The Balaban J connectivity index is 1.45. The van der Waals surface area contributed by atoms with Gasteiger partial charge in [0.05, 0.1) is 35.6 Å². The molecule has 0 saturated carbocycles. The molecule has 9 heteroatoms. The highest BCUT2D eigenvalue weighted by Gasteiger charge is 2.28. The number of rotatable bonds is 5. The van der Waals surface area contributed by atoms with Gasteiger partial charge in [-0.05, 0) is 37.3 Å². The fourth-order valence-electron chi connectivity index (χ4n) is 3.99. The maximum Gasteiger partial charge on any atom is 0.292 e. The number of aromatic nitrogens is 2. The second-order valence-corrected chi connectivity index (χ2v) is 7.65. The number of ether oxygens (including phenoxy) is 1. The molecule has 29 heavy (non-hydrogen) atoms. The topological polar surface area (TPSA) is 103 Å². The molecule has 1 atom stereocenters. The van der Waals surface area contributed by atoms with Crippen LogP contribution in [0, 0.1) is 23.0 Å². The predicted octanol–water partition coefficient (Wildman–Crippen LogP) is 2.25. The summed E-state index contributed by atoms with van der Waals surface area (Å²) in [6, 6.07) is 5.08. The molecule has 3 heterocycles. The van der Waals surface area contributed by atoms with E-state index >= 15 is 0 Å². The number of aryl methyl sites for hydroxylation is 2. The molecule has 1 amide bonds. The number of carbonyl (C=O) groups excluding carboxylic acids is 1.